The van der Waals surface area contributed by atoms with Crippen LogP contribution in [-0.4, -0.2) is 53.1 Å². The first-order chi connectivity index (χ1) is 15.7. The highest BCUT2D eigenvalue weighted by Crippen LogP contribution is 2.37. The first kappa shape index (κ1) is 21.2. The van der Waals surface area contributed by atoms with Crippen molar-refractivity contribution < 1.29 is 9.53 Å². The van der Waals surface area contributed by atoms with Crippen molar-refractivity contribution in [1.82, 2.24) is 20.2 Å². The molecule has 2 N–H and O–H groups in total. The molecule has 0 spiro atoms. The van der Waals surface area contributed by atoms with E-state index in [9.17, 15) is 4.79 Å². The predicted molar refractivity (Wildman–Crippen MR) is 124 cm³/mol. The Morgan fingerprint density at radius 3 is 2.78 bits per heavy atom. The number of benzene rings is 1. The number of likely N-dealkylation sites (tertiary alicyclic amines) is 1. The summed E-state index contributed by atoms with van der Waals surface area (Å²) in [6.07, 6.45) is 6.63. The summed E-state index contributed by atoms with van der Waals surface area (Å²) in [6, 6.07) is 9.80. The standard InChI is InChI=1S/C25H33N5O2/c1-26-23-20-10-14-27-16-21(20)28-22(29-23)18-11-15-30(17-18)24(31)25(12-6-3-7-13-25)32-19-8-4-2-5-9-19/h2,4-5,8-9,18,27H,3,6-7,10-17H2,1H3,(H,26,28,29). The van der Waals surface area contributed by atoms with E-state index in [-0.39, 0.29) is 11.8 Å². The number of carbonyl (C=O) groups is 1. The van der Waals surface area contributed by atoms with E-state index >= 15 is 0 Å². The Labute approximate surface area is 190 Å². The van der Waals surface area contributed by atoms with Crippen LogP contribution in [-0.2, 0) is 17.8 Å². The molecule has 3 heterocycles. The van der Waals surface area contributed by atoms with E-state index in [2.05, 4.69) is 10.6 Å². The summed E-state index contributed by atoms with van der Waals surface area (Å²) >= 11 is 0. The molecule has 5 rings (SSSR count). The fourth-order valence-corrected chi connectivity index (χ4v) is 5.41. The fraction of sp³-hybridized carbons (Fsp3) is 0.560. The lowest BCUT2D eigenvalue weighted by Crippen LogP contribution is -2.53. The van der Waals surface area contributed by atoms with Gasteiger partial charge in [0, 0.05) is 38.2 Å². The van der Waals surface area contributed by atoms with E-state index in [1.807, 2.05) is 42.3 Å². The number of aromatic nitrogens is 2. The molecule has 7 nitrogen and oxygen atoms in total. The molecule has 0 radical (unpaired) electrons. The molecule has 0 bridgehead atoms. The number of rotatable bonds is 5. The summed E-state index contributed by atoms with van der Waals surface area (Å²) < 4.78 is 6.43. The minimum atomic E-state index is -0.745. The lowest BCUT2D eigenvalue weighted by molar-refractivity contribution is -0.150. The third-order valence-corrected chi connectivity index (χ3v) is 7.14. The van der Waals surface area contributed by atoms with E-state index in [0.717, 1.165) is 81.2 Å². The molecule has 170 valence electrons. The van der Waals surface area contributed by atoms with Crippen molar-refractivity contribution in [3.63, 3.8) is 0 Å². The number of fused-ring (bicyclic) bond motifs is 1. The maximum atomic E-state index is 13.8. The first-order valence-corrected chi connectivity index (χ1v) is 12.0. The Bertz CT molecular complexity index is 941. The van der Waals surface area contributed by atoms with E-state index in [0.29, 0.717) is 6.54 Å². The van der Waals surface area contributed by atoms with Crippen molar-refractivity contribution in [1.29, 1.82) is 0 Å². The molecule has 2 aromatic rings. The smallest absolute Gasteiger partial charge is 0.266 e. The molecule has 1 aromatic carbocycles. The Hall–Kier alpha value is -2.67. The van der Waals surface area contributed by atoms with Gasteiger partial charge in [-0.1, -0.05) is 24.6 Å². The monoisotopic (exact) mass is 435 g/mol. The molecule has 1 aliphatic carbocycles. The molecule has 1 unspecified atom stereocenters. The number of carbonyl (C=O) groups excluding carboxylic acids is 1. The second-order valence-corrected chi connectivity index (χ2v) is 9.24. The van der Waals surface area contributed by atoms with Crippen LogP contribution in [0.1, 0.15) is 61.5 Å². The topological polar surface area (TPSA) is 79.4 Å². The van der Waals surface area contributed by atoms with Crippen LogP contribution in [0.25, 0.3) is 0 Å². The summed E-state index contributed by atoms with van der Waals surface area (Å²) in [5, 5.41) is 6.67. The zero-order valence-corrected chi connectivity index (χ0v) is 18.9. The lowest BCUT2D eigenvalue weighted by atomic mass is 9.83. The Morgan fingerprint density at radius 2 is 2.00 bits per heavy atom. The predicted octanol–water partition coefficient (Wildman–Crippen LogP) is 3.26. The number of nitrogens with zero attached hydrogens (tertiary/aromatic N) is 3. The largest absolute Gasteiger partial charge is 0.477 e. The first-order valence-electron chi connectivity index (χ1n) is 12.0. The van der Waals surface area contributed by atoms with Gasteiger partial charge >= 0.3 is 0 Å². The van der Waals surface area contributed by atoms with Crippen molar-refractivity contribution in [2.45, 2.75) is 63.0 Å². The van der Waals surface area contributed by atoms with Gasteiger partial charge in [0.2, 0.25) is 0 Å². The number of anilines is 1. The van der Waals surface area contributed by atoms with Crippen LogP contribution in [0.4, 0.5) is 5.82 Å². The van der Waals surface area contributed by atoms with Gasteiger partial charge in [0.15, 0.2) is 5.60 Å². The number of hydrogen-bond donors (Lipinski definition) is 2. The van der Waals surface area contributed by atoms with Crippen LogP contribution in [0, 0.1) is 0 Å². The molecular formula is C25H33N5O2. The summed E-state index contributed by atoms with van der Waals surface area (Å²) in [7, 11) is 1.92. The Morgan fingerprint density at radius 1 is 1.19 bits per heavy atom. The molecule has 2 fully saturated rings. The van der Waals surface area contributed by atoms with Crippen molar-refractivity contribution in [3.8, 4) is 5.75 Å². The zero-order valence-electron chi connectivity index (χ0n) is 18.9. The highest BCUT2D eigenvalue weighted by Gasteiger charge is 2.46. The molecule has 1 aromatic heterocycles. The van der Waals surface area contributed by atoms with Gasteiger partial charge in [-0.25, -0.2) is 9.97 Å². The Balaban J connectivity index is 1.35. The van der Waals surface area contributed by atoms with Gasteiger partial charge in [-0.3, -0.25) is 4.79 Å². The SMILES string of the molecule is CNc1nc(C2CCN(C(=O)C3(Oc4ccccc4)CCCCC3)C2)nc2c1CCNC2. The third kappa shape index (κ3) is 4.06. The molecule has 32 heavy (non-hydrogen) atoms. The average Bonchev–Trinajstić information content (AvgIpc) is 3.34. The van der Waals surface area contributed by atoms with E-state index in [1.54, 1.807) is 0 Å². The van der Waals surface area contributed by atoms with Gasteiger partial charge in [0.1, 0.15) is 17.4 Å². The second kappa shape index (κ2) is 9.06. The molecule has 1 saturated carbocycles. The molecular weight excluding hydrogens is 402 g/mol. The van der Waals surface area contributed by atoms with Crippen molar-refractivity contribution in [2.75, 3.05) is 32.0 Å². The fourth-order valence-electron chi connectivity index (χ4n) is 5.41. The van der Waals surface area contributed by atoms with Crippen LogP contribution in [0.15, 0.2) is 30.3 Å². The van der Waals surface area contributed by atoms with E-state index < -0.39 is 5.60 Å². The summed E-state index contributed by atoms with van der Waals surface area (Å²) in [5.41, 5.74) is 1.57. The quantitative estimate of drug-likeness (QED) is 0.751. The molecule has 3 aliphatic rings. The lowest BCUT2D eigenvalue weighted by Gasteiger charge is -2.38. The molecule has 1 atom stereocenters. The van der Waals surface area contributed by atoms with Gasteiger partial charge in [-0.15, -0.1) is 0 Å². The van der Waals surface area contributed by atoms with Crippen LogP contribution in [0.5, 0.6) is 5.75 Å². The van der Waals surface area contributed by atoms with Crippen LogP contribution < -0.4 is 15.4 Å². The van der Waals surface area contributed by atoms with Crippen molar-refractivity contribution in [3.05, 3.63) is 47.4 Å². The summed E-state index contributed by atoms with van der Waals surface area (Å²) in [5.74, 6) is 2.87. The number of hydrogen-bond acceptors (Lipinski definition) is 6. The number of nitrogens with one attached hydrogen (secondary N) is 2. The Kier molecular flexibility index (Phi) is 6.00. The number of amides is 1. The van der Waals surface area contributed by atoms with Crippen LogP contribution in [0.2, 0.25) is 0 Å². The summed E-state index contributed by atoms with van der Waals surface area (Å²) in [4.78, 5) is 25.6. The van der Waals surface area contributed by atoms with Gasteiger partial charge in [0.25, 0.3) is 5.91 Å². The second-order valence-electron chi connectivity index (χ2n) is 9.24. The number of ether oxygens (including phenoxy) is 1. The average molecular weight is 436 g/mol. The van der Waals surface area contributed by atoms with Crippen molar-refractivity contribution in [2.24, 2.45) is 0 Å². The molecule has 1 amide bonds. The highest BCUT2D eigenvalue weighted by molar-refractivity contribution is 5.86. The normalized spacial score (nSPS) is 22.3. The van der Waals surface area contributed by atoms with Crippen LogP contribution >= 0.6 is 0 Å². The maximum absolute atomic E-state index is 13.8. The third-order valence-electron chi connectivity index (χ3n) is 7.14. The molecule has 7 heteroatoms. The molecule has 2 aliphatic heterocycles. The van der Waals surface area contributed by atoms with E-state index in [1.165, 1.54) is 12.0 Å². The van der Waals surface area contributed by atoms with Gasteiger partial charge in [-0.2, -0.15) is 0 Å². The van der Waals surface area contributed by atoms with Gasteiger partial charge in [0.05, 0.1) is 5.69 Å². The van der Waals surface area contributed by atoms with Gasteiger partial charge < -0.3 is 20.3 Å². The van der Waals surface area contributed by atoms with Crippen LogP contribution in [0.3, 0.4) is 0 Å². The summed E-state index contributed by atoms with van der Waals surface area (Å²) in [6.45, 7) is 3.13. The van der Waals surface area contributed by atoms with Crippen molar-refractivity contribution >= 4 is 11.7 Å². The number of para-hydroxylation sites is 1. The minimum absolute atomic E-state index is 0.136. The van der Waals surface area contributed by atoms with Gasteiger partial charge in [-0.05, 0) is 57.2 Å². The highest BCUT2D eigenvalue weighted by atomic mass is 16.5. The molecule has 1 saturated heterocycles. The zero-order chi connectivity index (χ0) is 22.0. The maximum Gasteiger partial charge on any atom is 0.266 e. The minimum Gasteiger partial charge on any atom is -0.477 e. The van der Waals surface area contributed by atoms with E-state index in [4.69, 9.17) is 14.7 Å².